The van der Waals surface area contributed by atoms with Gasteiger partial charge in [-0.05, 0) is 68.7 Å². The van der Waals surface area contributed by atoms with Crippen LogP contribution in [0.4, 0.5) is 10.8 Å². The summed E-state index contributed by atoms with van der Waals surface area (Å²) in [6.45, 7) is 6.21. The predicted octanol–water partition coefficient (Wildman–Crippen LogP) is 5.41. The molecule has 8 heteroatoms. The molecule has 0 aliphatic carbocycles. The van der Waals surface area contributed by atoms with E-state index in [4.69, 9.17) is 4.98 Å². The standard InChI is InChI=1S/C26H25N3O3S2/c1-4-28(26-27-24-17(2)9-7-14-23(24)33-26)25(30)20-11-8-12-21(16-20)34(31,32)29-18(3)15-19-10-5-6-13-22(19)29/h5-14,16,18H,4,15H2,1-3H3. The molecular weight excluding hydrogens is 466 g/mol. The Hall–Kier alpha value is -3.23. The summed E-state index contributed by atoms with van der Waals surface area (Å²) in [5.74, 6) is -0.272. The van der Waals surface area contributed by atoms with Gasteiger partial charge in [-0.1, -0.05) is 47.7 Å². The molecule has 4 aromatic rings. The second-order valence-corrected chi connectivity index (χ2v) is 11.3. The van der Waals surface area contributed by atoms with Gasteiger partial charge in [0.2, 0.25) is 0 Å². The first-order chi connectivity index (χ1) is 16.3. The molecule has 0 N–H and O–H groups in total. The number of benzene rings is 3. The minimum atomic E-state index is -3.83. The van der Waals surface area contributed by atoms with Crippen molar-refractivity contribution in [3.8, 4) is 0 Å². The van der Waals surface area contributed by atoms with E-state index in [9.17, 15) is 13.2 Å². The van der Waals surface area contributed by atoms with Crippen LogP contribution in [0.5, 0.6) is 0 Å². The van der Waals surface area contributed by atoms with Crippen LogP contribution in [0.15, 0.2) is 71.6 Å². The van der Waals surface area contributed by atoms with Crippen molar-refractivity contribution in [2.24, 2.45) is 0 Å². The Morgan fingerprint density at radius 1 is 1.12 bits per heavy atom. The maximum atomic E-state index is 13.6. The molecule has 0 saturated heterocycles. The van der Waals surface area contributed by atoms with Crippen molar-refractivity contribution < 1.29 is 13.2 Å². The number of aryl methyl sites for hydroxylation is 1. The minimum Gasteiger partial charge on any atom is -0.284 e. The van der Waals surface area contributed by atoms with Gasteiger partial charge in [0, 0.05) is 18.2 Å². The molecule has 34 heavy (non-hydrogen) atoms. The Balaban J connectivity index is 1.51. The van der Waals surface area contributed by atoms with Crippen LogP contribution < -0.4 is 9.21 Å². The summed E-state index contributed by atoms with van der Waals surface area (Å²) in [6, 6.07) is 19.6. The first-order valence-electron chi connectivity index (χ1n) is 11.2. The van der Waals surface area contributed by atoms with E-state index in [0.717, 1.165) is 21.3 Å². The zero-order valence-corrected chi connectivity index (χ0v) is 20.9. The topological polar surface area (TPSA) is 70.6 Å². The average Bonchev–Trinajstić information content (AvgIpc) is 3.41. The lowest BCUT2D eigenvalue weighted by Gasteiger charge is -2.25. The molecule has 5 rings (SSSR count). The van der Waals surface area contributed by atoms with Crippen LogP contribution in [0.1, 0.15) is 35.3 Å². The fourth-order valence-corrected chi connectivity index (χ4v) is 7.36. The van der Waals surface area contributed by atoms with E-state index in [-0.39, 0.29) is 16.8 Å². The summed E-state index contributed by atoms with van der Waals surface area (Å²) in [7, 11) is -3.83. The zero-order chi connectivity index (χ0) is 24.0. The van der Waals surface area contributed by atoms with Gasteiger partial charge in [-0.2, -0.15) is 0 Å². The van der Waals surface area contributed by atoms with E-state index < -0.39 is 10.0 Å². The summed E-state index contributed by atoms with van der Waals surface area (Å²) < 4.78 is 29.8. The van der Waals surface area contributed by atoms with Gasteiger partial charge in [0.25, 0.3) is 15.9 Å². The van der Waals surface area contributed by atoms with Crippen molar-refractivity contribution in [2.75, 3.05) is 15.7 Å². The van der Waals surface area contributed by atoms with Gasteiger partial charge in [-0.15, -0.1) is 0 Å². The molecule has 1 atom stereocenters. The van der Waals surface area contributed by atoms with Crippen molar-refractivity contribution in [1.82, 2.24) is 4.98 Å². The van der Waals surface area contributed by atoms with Crippen LogP contribution in [-0.2, 0) is 16.4 Å². The van der Waals surface area contributed by atoms with Gasteiger partial charge in [-0.3, -0.25) is 14.0 Å². The number of amides is 1. The third-order valence-corrected chi connectivity index (χ3v) is 9.15. The summed E-state index contributed by atoms with van der Waals surface area (Å²) in [4.78, 5) is 19.9. The molecule has 1 aliphatic rings. The molecular formula is C26H25N3O3S2. The molecule has 1 amide bonds. The van der Waals surface area contributed by atoms with Crippen LogP contribution in [0.25, 0.3) is 10.2 Å². The summed E-state index contributed by atoms with van der Waals surface area (Å²) in [5, 5.41) is 0.604. The molecule has 0 bridgehead atoms. The normalized spacial score (nSPS) is 15.5. The quantitative estimate of drug-likeness (QED) is 0.374. The zero-order valence-electron chi connectivity index (χ0n) is 19.2. The monoisotopic (exact) mass is 491 g/mol. The van der Waals surface area contributed by atoms with E-state index >= 15 is 0 Å². The number of anilines is 2. The van der Waals surface area contributed by atoms with Crippen LogP contribution in [-0.4, -0.2) is 31.9 Å². The van der Waals surface area contributed by atoms with E-state index in [1.807, 2.05) is 63.2 Å². The predicted molar refractivity (Wildman–Crippen MR) is 137 cm³/mol. The Labute approximate surface area is 203 Å². The average molecular weight is 492 g/mol. The Morgan fingerprint density at radius 2 is 1.88 bits per heavy atom. The lowest BCUT2D eigenvalue weighted by atomic mass is 10.1. The summed E-state index contributed by atoms with van der Waals surface area (Å²) >= 11 is 1.46. The van der Waals surface area contributed by atoms with Gasteiger partial charge in [0.1, 0.15) is 0 Å². The van der Waals surface area contributed by atoms with Gasteiger partial charge in [-0.25, -0.2) is 13.4 Å². The number of para-hydroxylation sites is 2. The number of rotatable bonds is 5. The largest absolute Gasteiger partial charge is 0.284 e. The van der Waals surface area contributed by atoms with Crippen LogP contribution in [0, 0.1) is 6.92 Å². The van der Waals surface area contributed by atoms with Gasteiger partial charge in [0.15, 0.2) is 5.13 Å². The highest BCUT2D eigenvalue weighted by molar-refractivity contribution is 7.92. The smallest absolute Gasteiger partial charge is 0.264 e. The number of sulfonamides is 1. The Morgan fingerprint density at radius 3 is 2.65 bits per heavy atom. The fraction of sp³-hybridized carbons (Fsp3) is 0.231. The molecule has 1 aliphatic heterocycles. The number of fused-ring (bicyclic) bond motifs is 2. The van der Waals surface area contributed by atoms with Crippen molar-refractivity contribution in [3.63, 3.8) is 0 Å². The summed E-state index contributed by atoms with van der Waals surface area (Å²) in [6.07, 6.45) is 0.661. The van der Waals surface area contributed by atoms with E-state index in [2.05, 4.69) is 0 Å². The number of hydrogen-bond donors (Lipinski definition) is 0. The first kappa shape index (κ1) is 22.6. The maximum Gasteiger partial charge on any atom is 0.264 e. The molecule has 1 unspecified atom stereocenters. The van der Waals surface area contributed by atoms with Crippen molar-refractivity contribution in [2.45, 2.75) is 38.1 Å². The third-order valence-electron chi connectivity index (χ3n) is 6.18. The maximum absolute atomic E-state index is 13.6. The van der Waals surface area contributed by atoms with E-state index in [1.165, 1.54) is 21.7 Å². The number of carbonyl (C=O) groups excluding carboxylic acids is 1. The number of nitrogens with zero attached hydrogens (tertiary/aromatic N) is 3. The first-order valence-corrected chi connectivity index (χ1v) is 13.5. The second kappa shape index (κ2) is 8.52. The molecule has 174 valence electrons. The Kier molecular flexibility index (Phi) is 5.65. The lowest BCUT2D eigenvalue weighted by Crippen LogP contribution is -2.36. The van der Waals surface area contributed by atoms with Gasteiger partial charge < -0.3 is 0 Å². The summed E-state index contributed by atoms with van der Waals surface area (Å²) in [5.41, 5.74) is 3.96. The highest BCUT2D eigenvalue weighted by Gasteiger charge is 2.36. The molecule has 0 saturated carbocycles. The third kappa shape index (κ3) is 3.67. The van der Waals surface area contributed by atoms with E-state index in [0.29, 0.717) is 29.3 Å². The number of aromatic nitrogens is 1. The van der Waals surface area contributed by atoms with Crippen LogP contribution in [0.3, 0.4) is 0 Å². The molecule has 0 radical (unpaired) electrons. The van der Waals surface area contributed by atoms with Crippen LogP contribution >= 0.6 is 11.3 Å². The van der Waals surface area contributed by atoms with Crippen LogP contribution in [0.2, 0.25) is 0 Å². The molecule has 0 fully saturated rings. The fourth-order valence-electron chi connectivity index (χ4n) is 4.52. The lowest BCUT2D eigenvalue weighted by molar-refractivity contribution is 0.0988. The van der Waals surface area contributed by atoms with Gasteiger partial charge >= 0.3 is 0 Å². The Bertz CT molecular complexity index is 1510. The highest BCUT2D eigenvalue weighted by Crippen LogP contribution is 2.37. The van der Waals surface area contributed by atoms with E-state index in [1.54, 1.807) is 23.1 Å². The molecule has 2 heterocycles. The van der Waals surface area contributed by atoms with Crippen molar-refractivity contribution in [3.05, 3.63) is 83.4 Å². The van der Waals surface area contributed by atoms with Crippen molar-refractivity contribution in [1.29, 1.82) is 0 Å². The molecule has 3 aromatic carbocycles. The number of thiazole rings is 1. The number of hydrogen-bond acceptors (Lipinski definition) is 5. The second-order valence-electron chi connectivity index (χ2n) is 8.48. The molecule has 0 spiro atoms. The molecule has 1 aromatic heterocycles. The van der Waals surface area contributed by atoms with Crippen molar-refractivity contribution >= 4 is 48.3 Å². The molecule has 6 nitrogen and oxygen atoms in total. The SMILES string of the molecule is CCN(C(=O)c1cccc(S(=O)(=O)N2c3ccccc3CC2C)c1)c1nc2c(C)cccc2s1. The van der Waals surface area contributed by atoms with Gasteiger partial charge in [0.05, 0.1) is 20.8 Å². The highest BCUT2D eigenvalue weighted by atomic mass is 32.2. The minimum absolute atomic E-state index is 0.109. The number of carbonyl (C=O) groups is 1.